The van der Waals surface area contributed by atoms with Crippen molar-refractivity contribution < 1.29 is 18.0 Å². The second kappa shape index (κ2) is 12.0. The standard InChI is InChI=1S/C30H29ClF3N7O/c1-19-4-6-22(15-21(19)7-5-20-14-26(31)27-37-29(35-2)38-41(27)17-20)28(42)36-24-9-8-23(25(16-24)30(32,33)34)18-40-12-10-39(3)11-13-40/h4,6,8-9,14-17H,10-13,18H2,1-3H3,(H,35,38)(H,36,42). The lowest BCUT2D eigenvalue weighted by atomic mass is 10.0. The molecule has 1 aliphatic heterocycles. The number of rotatable bonds is 5. The summed E-state index contributed by atoms with van der Waals surface area (Å²) in [7, 11) is 3.70. The number of hydrogen-bond acceptors (Lipinski definition) is 6. The number of hydrogen-bond donors (Lipinski definition) is 2. The fraction of sp³-hybridized carbons (Fsp3) is 0.300. The van der Waals surface area contributed by atoms with E-state index >= 15 is 0 Å². The highest BCUT2D eigenvalue weighted by atomic mass is 35.5. The Morgan fingerprint density at radius 2 is 1.83 bits per heavy atom. The molecule has 0 bridgehead atoms. The summed E-state index contributed by atoms with van der Waals surface area (Å²) in [5, 5.41) is 10.1. The van der Waals surface area contributed by atoms with Gasteiger partial charge in [0, 0.05) is 68.3 Å². The number of halogens is 4. The van der Waals surface area contributed by atoms with Gasteiger partial charge in [-0.2, -0.15) is 18.2 Å². The smallest absolute Gasteiger partial charge is 0.356 e. The number of nitrogens with one attached hydrogen (secondary N) is 2. The average molecular weight is 596 g/mol. The zero-order valence-corrected chi connectivity index (χ0v) is 24.1. The van der Waals surface area contributed by atoms with Gasteiger partial charge in [-0.05, 0) is 55.4 Å². The van der Waals surface area contributed by atoms with Crippen molar-refractivity contribution in [2.24, 2.45) is 0 Å². The van der Waals surface area contributed by atoms with E-state index < -0.39 is 17.6 Å². The van der Waals surface area contributed by atoms with Gasteiger partial charge in [0.15, 0.2) is 5.65 Å². The summed E-state index contributed by atoms with van der Waals surface area (Å²) in [6.45, 7) is 5.06. The van der Waals surface area contributed by atoms with Crippen LogP contribution in [0.15, 0.2) is 48.7 Å². The second-order valence-corrected chi connectivity index (χ2v) is 10.6. The minimum absolute atomic E-state index is 0.0689. The summed E-state index contributed by atoms with van der Waals surface area (Å²) in [6, 6.07) is 10.6. The summed E-state index contributed by atoms with van der Waals surface area (Å²) in [6.07, 6.45) is -2.86. The monoisotopic (exact) mass is 595 g/mol. The van der Waals surface area contributed by atoms with Crippen molar-refractivity contribution in [3.05, 3.63) is 87.1 Å². The molecule has 5 rings (SSSR count). The predicted octanol–water partition coefficient (Wildman–Crippen LogP) is 5.15. The van der Waals surface area contributed by atoms with E-state index in [-0.39, 0.29) is 23.4 Å². The van der Waals surface area contributed by atoms with E-state index in [1.54, 1.807) is 37.5 Å². The Hall–Kier alpha value is -4.11. The molecule has 3 heterocycles. The lowest BCUT2D eigenvalue weighted by Gasteiger charge is -2.33. The number of alkyl halides is 3. The topological polar surface area (TPSA) is 77.8 Å². The minimum atomic E-state index is -4.55. The van der Waals surface area contributed by atoms with E-state index in [0.29, 0.717) is 40.8 Å². The molecule has 0 atom stereocenters. The first-order valence-electron chi connectivity index (χ1n) is 13.3. The van der Waals surface area contributed by atoms with E-state index in [4.69, 9.17) is 11.6 Å². The van der Waals surface area contributed by atoms with E-state index in [0.717, 1.165) is 24.7 Å². The zero-order valence-electron chi connectivity index (χ0n) is 23.3. The molecular formula is C30H29ClF3N7O. The van der Waals surface area contributed by atoms with E-state index in [9.17, 15) is 18.0 Å². The van der Waals surface area contributed by atoms with Gasteiger partial charge >= 0.3 is 6.18 Å². The van der Waals surface area contributed by atoms with Crippen molar-refractivity contribution in [3.8, 4) is 11.8 Å². The number of anilines is 2. The molecule has 12 heteroatoms. The molecule has 0 spiro atoms. The number of fused-ring (bicyclic) bond motifs is 1. The predicted molar refractivity (Wildman–Crippen MR) is 157 cm³/mol. The van der Waals surface area contributed by atoms with Crippen LogP contribution in [0.25, 0.3) is 5.65 Å². The van der Waals surface area contributed by atoms with Crippen molar-refractivity contribution in [3.63, 3.8) is 0 Å². The zero-order chi connectivity index (χ0) is 30.0. The number of likely N-dealkylation sites (N-methyl/N-ethyl adjacent to an activating group) is 1. The number of aromatic nitrogens is 3. The fourth-order valence-corrected chi connectivity index (χ4v) is 4.91. The first-order chi connectivity index (χ1) is 20.0. The molecule has 42 heavy (non-hydrogen) atoms. The van der Waals surface area contributed by atoms with Crippen LogP contribution in [-0.4, -0.2) is 70.6 Å². The minimum Gasteiger partial charge on any atom is -0.356 e. The van der Waals surface area contributed by atoms with Gasteiger partial charge < -0.3 is 15.5 Å². The van der Waals surface area contributed by atoms with E-state index in [2.05, 4.69) is 37.5 Å². The first kappa shape index (κ1) is 29.4. The van der Waals surface area contributed by atoms with E-state index in [1.165, 1.54) is 16.6 Å². The summed E-state index contributed by atoms with van der Waals surface area (Å²) in [4.78, 5) is 21.5. The highest BCUT2D eigenvalue weighted by molar-refractivity contribution is 6.33. The van der Waals surface area contributed by atoms with Crippen LogP contribution >= 0.6 is 11.6 Å². The number of carbonyl (C=O) groups is 1. The third-order valence-corrected chi connectivity index (χ3v) is 7.39. The third kappa shape index (κ3) is 6.68. The number of benzene rings is 2. The SMILES string of the molecule is CNc1nc2c(Cl)cc(C#Cc3cc(C(=O)Nc4ccc(CN5CCN(C)CC5)c(C(F)(F)F)c4)ccc3C)cn2n1. The lowest BCUT2D eigenvalue weighted by Crippen LogP contribution is -2.44. The maximum absolute atomic E-state index is 14.0. The van der Waals surface area contributed by atoms with Gasteiger partial charge in [-0.1, -0.05) is 35.6 Å². The second-order valence-electron chi connectivity index (χ2n) is 10.2. The highest BCUT2D eigenvalue weighted by Crippen LogP contribution is 2.35. The molecule has 2 N–H and O–H groups in total. The van der Waals surface area contributed by atoms with Crippen molar-refractivity contribution in [2.45, 2.75) is 19.6 Å². The van der Waals surface area contributed by atoms with Gasteiger partial charge in [0.1, 0.15) is 0 Å². The summed E-state index contributed by atoms with van der Waals surface area (Å²) in [5.41, 5.74) is 2.27. The van der Waals surface area contributed by atoms with Crippen LogP contribution < -0.4 is 10.6 Å². The molecule has 0 aliphatic carbocycles. The normalized spacial score (nSPS) is 14.5. The van der Waals surface area contributed by atoms with Gasteiger partial charge in [0.2, 0.25) is 5.95 Å². The van der Waals surface area contributed by atoms with Crippen LogP contribution in [0.5, 0.6) is 0 Å². The molecule has 8 nitrogen and oxygen atoms in total. The number of nitrogens with zero attached hydrogens (tertiary/aromatic N) is 5. The number of aryl methyl sites for hydroxylation is 1. The lowest BCUT2D eigenvalue weighted by molar-refractivity contribution is -0.138. The summed E-state index contributed by atoms with van der Waals surface area (Å²) >= 11 is 6.35. The maximum atomic E-state index is 14.0. The van der Waals surface area contributed by atoms with Crippen LogP contribution in [0.1, 0.15) is 38.2 Å². The molecule has 1 fully saturated rings. The molecular weight excluding hydrogens is 567 g/mol. The van der Waals surface area contributed by atoms with Gasteiger partial charge in [-0.3, -0.25) is 9.69 Å². The Morgan fingerprint density at radius 3 is 2.55 bits per heavy atom. The molecule has 2 aromatic carbocycles. The maximum Gasteiger partial charge on any atom is 0.416 e. The van der Waals surface area contributed by atoms with Gasteiger partial charge in [0.25, 0.3) is 5.91 Å². The van der Waals surface area contributed by atoms with Crippen LogP contribution in [0, 0.1) is 18.8 Å². The molecule has 2 aromatic heterocycles. The van der Waals surface area contributed by atoms with Crippen LogP contribution in [0.4, 0.5) is 24.8 Å². The van der Waals surface area contributed by atoms with E-state index in [1.807, 2.05) is 18.9 Å². The molecule has 0 unspecified atom stereocenters. The quantitative estimate of drug-likeness (QED) is 0.311. The first-order valence-corrected chi connectivity index (χ1v) is 13.7. The van der Waals surface area contributed by atoms with Gasteiger partial charge in [-0.25, -0.2) is 4.52 Å². The van der Waals surface area contributed by atoms with Crippen molar-refractivity contribution in [1.29, 1.82) is 0 Å². The molecule has 1 aliphatic rings. The Kier molecular flexibility index (Phi) is 8.41. The number of carbonyl (C=O) groups excluding carboxylic acids is 1. The Labute approximate surface area is 246 Å². The molecule has 218 valence electrons. The Balaban J connectivity index is 1.35. The Morgan fingerprint density at radius 1 is 1.07 bits per heavy atom. The summed E-state index contributed by atoms with van der Waals surface area (Å²) < 4.78 is 43.5. The third-order valence-electron chi connectivity index (χ3n) is 7.12. The fourth-order valence-electron chi connectivity index (χ4n) is 4.66. The highest BCUT2D eigenvalue weighted by Gasteiger charge is 2.34. The number of piperazine rings is 1. The largest absolute Gasteiger partial charge is 0.416 e. The molecule has 0 saturated carbocycles. The van der Waals surface area contributed by atoms with Crippen LogP contribution in [-0.2, 0) is 12.7 Å². The van der Waals surface area contributed by atoms with Crippen LogP contribution in [0.3, 0.4) is 0 Å². The van der Waals surface area contributed by atoms with Crippen molar-refractivity contribution in [1.82, 2.24) is 24.4 Å². The molecule has 1 saturated heterocycles. The van der Waals surface area contributed by atoms with Gasteiger partial charge in [-0.15, -0.1) is 5.10 Å². The number of pyridine rings is 1. The van der Waals surface area contributed by atoms with Gasteiger partial charge in [0.05, 0.1) is 10.6 Å². The molecule has 4 aromatic rings. The molecule has 0 radical (unpaired) electrons. The summed E-state index contributed by atoms with van der Waals surface area (Å²) in [5.74, 6) is 5.98. The molecule has 1 amide bonds. The van der Waals surface area contributed by atoms with Crippen molar-refractivity contribution >= 4 is 34.8 Å². The Bertz CT molecular complexity index is 1700. The number of amides is 1. The van der Waals surface area contributed by atoms with Crippen molar-refractivity contribution in [2.75, 3.05) is 50.9 Å². The average Bonchev–Trinajstić information content (AvgIpc) is 3.38. The van der Waals surface area contributed by atoms with Crippen LogP contribution in [0.2, 0.25) is 5.02 Å².